The number of aromatic nitrogens is 4. The molecule has 5 heteroatoms. The molecule has 12 rings (SSSR count). The molecule has 0 atom stereocenters. The number of imidazole rings is 1. The van der Waals surface area contributed by atoms with Crippen molar-refractivity contribution in [1.29, 1.82) is 0 Å². The van der Waals surface area contributed by atoms with E-state index in [0.717, 1.165) is 33.2 Å². The maximum atomic E-state index is 9.84. The van der Waals surface area contributed by atoms with Gasteiger partial charge in [0.15, 0.2) is 0 Å². The highest BCUT2D eigenvalue weighted by atomic mass is 16.5. The van der Waals surface area contributed by atoms with Crippen LogP contribution in [0.25, 0.3) is 94.5 Å². The minimum absolute atomic E-state index is 0.0735. The van der Waals surface area contributed by atoms with E-state index in [1.54, 1.807) is 51.6 Å². The Bertz CT molecular complexity index is 4540. The molecule has 0 N–H and O–H groups in total. The van der Waals surface area contributed by atoms with Gasteiger partial charge in [-0.1, -0.05) is 163 Å². The zero-order chi connectivity index (χ0) is 59.3. The van der Waals surface area contributed by atoms with Gasteiger partial charge in [-0.2, -0.15) is 0 Å². The highest BCUT2D eigenvalue weighted by molar-refractivity contribution is 6.09. The van der Waals surface area contributed by atoms with Crippen LogP contribution in [0.1, 0.15) is 83.0 Å². The lowest BCUT2D eigenvalue weighted by molar-refractivity contribution is -0.570. The standard InChI is InChI=1S/C64H54N4O/c1-40-18-15-19-41(2)60(40)55-35-43(64(6,7)8)34-54-50-25-12-10-23-48(50)47-22-9-11-24-49(47)53-27-17-29-57-62(53)67(61(54)55)39-66(57)44-20-16-21-45(37-44)69-46-30-31-52-51-26-13-14-28-56(51)68(58(52)38-46)59-36-42(32-33-65-59)63(3,4)5/h9-38H,1-8H3/i1D3,2D3,9D,10D,11D,12D,22D,23D,24D,25D. The van der Waals surface area contributed by atoms with E-state index in [9.17, 15) is 6.85 Å². The van der Waals surface area contributed by atoms with Crippen molar-refractivity contribution in [1.82, 2.24) is 14.1 Å². The van der Waals surface area contributed by atoms with E-state index in [1.807, 2.05) is 75.5 Å². The fourth-order valence-corrected chi connectivity index (χ4v) is 9.74. The highest BCUT2D eigenvalue weighted by Crippen LogP contribution is 2.47. The molecule has 3 aromatic heterocycles. The third kappa shape index (κ3) is 6.98. The maximum Gasteiger partial charge on any atom is 0.269 e. The molecular formula is C64H54N4O. The lowest BCUT2D eigenvalue weighted by Crippen LogP contribution is -2.32. The van der Waals surface area contributed by atoms with Crippen molar-refractivity contribution in [3.05, 3.63) is 211 Å². The summed E-state index contributed by atoms with van der Waals surface area (Å²) in [5.41, 5.74) is 2.80. The van der Waals surface area contributed by atoms with Gasteiger partial charge in [0.05, 0.1) is 44.4 Å². The Morgan fingerprint density at radius 1 is 0.551 bits per heavy atom. The Balaban J connectivity index is 1.18. The van der Waals surface area contributed by atoms with E-state index in [4.69, 9.17) is 22.1 Å². The molecule has 0 fully saturated rings. The molecule has 1 aliphatic rings. The van der Waals surface area contributed by atoms with Crippen molar-refractivity contribution in [2.24, 2.45) is 0 Å². The molecular weight excluding hydrogens is 841 g/mol. The number of benzene rings is 8. The van der Waals surface area contributed by atoms with Gasteiger partial charge in [0, 0.05) is 31.3 Å². The van der Waals surface area contributed by atoms with Crippen molar-refractivity contribution < 1.29 is 28.5 Å². The molecule has 0 saturated carbocycles. The van der Waals surface area contributed by atoms with Gasteiger partial charge in [-0.3, -0.25) is 13.7 Å². The zero-order valence-electron chi connectivity index (χ0n) is 52.9. The van der Waals surface area contributed by atoms with Crippen LogP contribution in [0, 0.1) is 20.0 Å². The van der Waals surface area contributed by atoms with Gasteiger partial charge < -0.3 is 4.74 Å². The maximum absolute atomic E-state index is 9.84. The molecule has 0 saturated heterocycles. The van der Waals surface area contributed by atoms with Gasteiger partial charge in [-0.05, 0) is 140 Å². The minimum Gasteiger partial charge on any atom is -0.458 e. The average Bonchev–Trinajstić information content (AvgIpc) is 2.88. The normalized spacial score (nSPS) is 15.6. The molecule has 0 amide bonds. The number of hydrogen-bond acceptors (Lipinski definition) is 2. The quantitative estimate of drug-likeness (QED) is 0.127. The second-order valence-corrected chi connectivity index (χ2v) is 19.6. The number of ether oxygens (including phenoxy) is 1. The lowest BCUT2D eigenvalue weighted by atomic mass is 9.80. The fourth-order valence-electron chi connectivity index (χ4n) is 9.74. The fraction of sp³-hybridized carbons (Fsp3) is 0.156. The number of pyridine rings is 1. The minimum atomic E-state index is -2.89. The smallest absolute Gasteiger partial charge is 0.269 e. The summed E-state index contributed by atoms with van der Waals surface area (Å²) >= 11 is 0. The Hall–Kier alpha value is -8.02. The third-order valence-corrected chi connectivity index (χ3v) is 13.2. The monoisotopic (exact) mass is 909 g/mol. The molecule has 0 aliphatic carbocycles. The first-order chi connectivity index (χ1) is 39.1. The molecule has 0 bridgehead atoms. The number of rotatable bonds is 5. The van der Waals surface area contributed by atoms with Crippen LogP contribution in [-0.2, 0) is 10.8 Å². The molecule has 69 heavy (non-hydrogen) atoms. The van der Waals surface area contributed by atoms with E-state index in [-0.39, 0.29) is 72.3 Å². The molecule has 1 aliphatic heterocycles. The van der Waals surface area contributed by atoms with Gasteiger partial charge >= 0.3 is 0 Å². The van der Waals surface area contributed by atoms with Crippen LogP contribution in [-0.4, -0.2) is 14.1 Å². The third-order valence-electron chi connectivity index (χ3n) is 13.2. The van der Waals surface area contributed by atoms with Crippen LogP contribution >= 0.6 is 0 Å². The summed E-state index contributed by atoms with van der Waals surface area (Å²) in [5.74, 6) is 1.69. The largest absolute Gasteiger partial charge is 0.458 e. The molecule has 0 spiro atoms. The van der Waals surface area contributed by atoms with Crippen LogP contribution < -0.4 is 9.30 Å². The van der Waals surface area contributed by atoms with Crippen molar-refractivity contribution in [3.8, 4) is 73.2 Å². The Kier molecular flexibility index (Phi) is 6.79. The zero-order valence-corrected chi connectivity index (χ0v) is 38.9. The first-order valence-corrected chi connectivity index (χ1v) is 22.9. The van der Waals surface area contributed by atoms with Crippen molar-refractivity contribution in [3.63, 3.8) is 0 Å². The van der Waals surface area contributed by atoms with Gasteiger partial charge in [-0.25, -0.2) is 4.98 Å². The van der Waals surface area contributed by atoms with Crippen LogP contribution in [0.15, 0.2) is 182 Å². The first kappa shape index (κ1) is 29.7. The highest BCUT2D eigenvalue weighted by Gasteiger charge is 2.29. The summed E-state index contributed by atoms with van der Waals surface area (Å²) in [5, 5.41) is 2.04. The number of nitrogens with zero attached hydrogens (tertiary/aromatic N) is 4. The van der Waals surface area contributed by atoms with Crippen molar-refractivity contribution in [2.45, 2.75) is 66.1 Å². The molecule has 0 radical (unpaired) electrons. The summed E-state index contributed by atoms with van der Waals surface area (Å²) in [6.07, 6.45) is 5.37. The molecule has 336 valence electrons. The van der Waals surface area contributed by atoms with Crippen LogP contribution in [0.3, 0.4) is 0 Å². The molecule has 8 aromatic carbocycles. The van der Waals surface area contributed by atoms with E-state index in [1.165, 1.54) is 18.2 Å². The average molecular weight is 909 g/mol. The second-order valence-electron chi connectivity index (χ2n) is 19.6. The van der Waals surface area contributed by atoms with Crippen LogP contribution in [0.2, 0.25) is 0 Å². The topological polar surface area (TPSA) is 35.9 Å². The summed E-state index contributed by atoms with van der Waals surface area (Å²) in [4.78, 5) is 4.85. The van der Waals surface area contributed by atoms with Gasteiger partial charge in [0.2, 0.25) is 0 Å². The Labute approximate surface area is 424 Å². The number of hydrogen-bond donors (Lipinski definition) is 0. The lowest BCUT2D eigenvalue weighted by Gasteiger charge is -2.27. The number of aryl methyl sites for hydroxylation is 2. The van der Waals surface area contributed by atoms with Crippen molar-refractivity contribution >= 4 is 32.8 Å². The van der Waals surface area contributed by atoms with Crippen LogP contribution in [0.5, 0.6) is 11.5 Å². The molecule has 0 unspecified atom stereocenters. The predicted molar refractivity (Wildman–Crippen MR) is 284 cm³/mol. The summed E-state index contributed by atoms with van der Waals surface area (Å²) < 4.78 is 141. The molecule has 4 heterocycles. The van der Waals surface area contributed by atoms with E-state index < -0.39 is 67.5 Å². The Morgan fingerprint density at radius 3 is 1.90 bits per heavy atom. The van der Waals surface area contributed by atoms with E-state index in [2.05, 4.69) is 49.9 Å². The molecule has 11 aromatic rings. The van der Waals surface area contributed by atoms with Gasteiger partial charge in [0.25, 0.3) is 6.33 Å². The Morgan fingerprint density at radius 2 is 1.17 bits per heavy atom. The second kappa shape index (κ2) is 15.8. The predicted octanol–water partition coefficient (Wildman–Crippen LogP) is 16.2. The van der Waals surface area contributed by atoms with E-state index in [0.29, 0.717) is 28.3 Å². The summed E-state index contributed by atoms with van der Waals surface area (Å²) in [7, 11) is 0. The van der Waals surface area contributed by atoms with E-state index >= 15 is 0 Å². The summed E-state index contributed by atoms with van der Waals surface area (Å²) in [6.45, 7) is 6.41. The summed E-state index contributed by atoms with van der Waals surface area (Å²) in [6, 6.07) is 33.4. The first-order valence-electron chi connectivity index (χ1n) is 29.9. The van der Waals surface area contributed by atoms with Crippen LogP contribution in [0.4, 0.5) is 0 Å². The van der Waals surface area contributed by atoms with Gasteiger partial charge in [0.1, 0.15) is 17.3 Å². The number of para-hydroxylation sites is 2. The van der Waals surface area contributed by atoms with Gasteiger partial charge in [-0.15, -0.1) is 0 Å². The molecule has 5 nitrogen and oxygen atoms in total. The number of fused-ring (bicyclic) bond motifs is 10. The SMILES string of the molecule is [2H]c1c([2H])c([2H])c2c(c1[2H])-c1cc(C(C)(C)C)cc(-c3c(C([2H])([2H])[2H])cccc3C([2H])([2H])[2H])c1-[n+]1[c-]n(-c3cccc(Oc4ccc5c6ccccc6n(-c6cc(C(C)(C)C)ccn6)c5c4)c3)c3cccc(c31)-c1c([2H])c([2H])c([2H])c([2H])c1-2. The van der Waals surface area contributed by atoms with Crippen molar-refractivity contribution in [2.75, 3.05) is 0 Å².